The highest BCUT2D eigenvalue weighted by molar-refractivity contribution is 7.92. The zero-order valence-corrected chi connectivity index (χ0v) is 22.1. The second kappa shape index (κ2) is 13.1. The lowest BCUT2D eigenvalue weighted by molar-refractivity contribution is -0.192. The molecule has 2 aliphatic rings. The molecule has 14 heteroatoms. The molecule has 2 aliphatic heterocycles. The second-order valence-corrected chi connectivity index (χ2v) is 10.6. The average molecular weight is 573 g/mol. The van der Waals surface area contributed by atoms with Gasteiger partial charge in [0.2, 0.25) is 0 Å². The van der Waals surface area contributed by atoms with Crippen molar-refractivity contribution in [3.63, 3.8) is 0 Å². The topological polar surface area (TPSA) is 137 Å². The van der Waals surface area contributed by atoms with Gasteiger partial charge in [-0.25, -0.2) is 13.2 Å². The van der Waals surface area contributed by atoms with E-state index >= 15 is 0 Å². The molecule has 4 N–H and O–H groups in total. The van der Waals surface area contributed by atoms with E-state index in [2.05, 4.69) is 20.3 Å². The first-order valence-electron chi connectivity index (χ1n) is 12.3. The van der Waals surface area contributed by atoms with Crippen LogP contribution in [-0.4, -0.2) is 77.0 Å². The number of carboxylic acids is 1. The molecule has 1 atom stereocenters. The molecular weight excluding hydrogens is 541 g/mol. The first kappa shape index (κ1) is 30.2. The van der Waals surface area contributed by atoms with Crippen LogP contribution in [0.4, 0.5) is 24.5 Å². The predicted octanol–water partition coefficient (Wildman–Crippen LogP) is 2.75. The number of nitrogens with one attached hydrogen (secondary N) is 3. The number of anilines is 2. The van der Waals surface area contributed by atoms with Gasteiger partial charge in [0.15, 0.2) is 0 Å². The van der Waals surface area contributed by atoms with Crippen molar-refractivity contribution in [2.75, 3.05) is 49.0 Å². The van der Waals surface area contributed by atoms with Gasteiger partial charge in [-0.1, -0.05) is 18.2 Å². The van der Waals surface area contributed by atoms with Crippen LogP contribution in [0.25, 0.3) is 0 Å². The van der Waals surface area contributed by atoms with Crippen LogP contribution in [-0.2, 0) is 19.6 Å². The van der Waals surface area contributed by atoms with Gasteiger partial charge in [0, 0.05) is 50.7 Å². The van der Waals surface area contributed by atoms with Crippen molar-refractivity contribution >= 4 is 33.3 Å². The van der Waals surface area contributed by atoms with E-state index in [9.17, 15) is 26.4 Å². The van der Waals surface area contributed by atoms with E-state index in [0.29, 0.717) is 23.4 Å². The fraction of sp³-hybridized carbons (Fsp3) is 0.440. The van der Waals surface area contributed by atoms with Gasteiger partial charge in [0.05, 0.1) is 16.6 Å². The van der Waals surface area contributed by atoms with Gasteiger partial charge in [0.1, 0.15) is 0 Å². The lowest BCUT2D eigenvalue weighted by atomic mass is 10.1. The predicted molar refractivity (Wildman–Crippen MR) is 139 cm³/mol. The molecule has 2 aromatic carbocycles. The lowest BCUT2D eigenvalue weighted by Gasteiger charge is -2.31. The maximum atomic E-state index is 13.1. The summed E-state index contributed by atoms with van der Waals surface area (Å²) < 4.78 is 65.9. The third-order valence-electron chi connectivity index (χ3n) is 6.09. The summed E-state index contributed by atoms with van der Waals surface area (Å²) in [4.78, 5) is 24.4. The molecule has 0 aromatic heterocycles. The van der Waals surface area contributed by atoms with Gasteiger partial charge >= 0.3 is 12.1 Å². The molecule has 1 amide bonds. The molecule has 214 valence electrons. The van der Waals surface area contributed by atoms with Crippen LogP contribution >= 0.6 is 0 Å². The average Bonchev–Trinajstić information content (AvgIpc) is 3.41. The lowest BCUT2D eigenvalue weighted by Crippen LogP contribution is -2.44. The highest BCUT2D eigenvalue weighted by Gasteiger charge is 2.38. The Kier molecular flexibility index (Phi) is 10.2. The van der Waals surface area contributed by atoms with Gasteiger partial charge in [-0.2, -0.15) is 13.2 Å². The number of amides is 1. The number of alkyl halides is 3. The molecule has 0 spiro atoms. The molecule has 2 fully saturated rings. The quantitative estimate of drug-likeness (QED) is 0.398. The zero-order valence-electron chi connectivity index (χ0n) is 21.3. The van der Waals surface area contributed by atoms with Crippen LogP contribution < -0.4 is 20.3 Å². The molecule has 0 radical (unpaired) electrons. The maximum Gasteiger partial charge on any atom is 0.490 e. The Morgan fingerprint density at radius 3 is 2.41 bits per heavy atom. The van der Waals surface area contributed by atoms with E-state index in [1.807, 2.05) is 6.07 Å². The van der Waals surface area contributed by atoms with Gasteiger partial charge < -0.3 is 25.4 Å². The van der Waals surface area contributed by atoms with Crippen molar-refractivity contribution < 1.29 is 41.0 Å². The Balaban J connectivity index is 0.000000532. The molecule has 4 rings (SSSR count). The standard InChI is InChI=1S/C23H30N4O4S.C2HF3O2/c1-17-5-2-3-7-22(17)32(29,30)26-18-8-9-21(27-12-10-24-11-13-27)20(15-18)23(28)25-16-19-6-4-14-31-19;3-2(4,5)1(6)7/h2-3,5,7-9,15,19,24,26H,4,6,10-14,16H2,1H3,(H,25,28);(H,6,7). The van der Waals surface area contributed by atoms with E-state index in [1.54, 1.807) is 43.3 Å². The van der Waals surface area contributed by atoms with Crippen molar-refractivity contribution in [3.05, 3.63) is 53.6 Å². The van der Waals surface area contributed by atoms with Crippen LogP contribution in [0.3, 0.4) is 0 Å². The van der Waals surface area contributed by atoms with Gasteiger partial charge in [-0.15, -0.1) is 0 Å². The number of rotatable bonds is 7. The first-order valence-corrected chi connectivity index (χ1v) is 13.7. The number of benzene rings is 2. The fourth-order valence-electron chi connectivity index (χ4n) is 4.14. The molecule has 0 bridgehead atoms. The van der Waals surface area contributed by atoms with Crippen molar-refractivity contribution in [1.82, 2.24) is 10.6 Å². The number of nitrogens with zero attached hydrogens (tertiary/aromatic N) is 1. The van der Waals surface area contributed by atoms with Crippen LogP contribution in [0.15, 0.2) is 47.4 Å². The summed E-state index contributed by atoms with van der Waals surface area (Å²) in [6.07, 6.45) is -3.12. The SMILES string of the molecule is Cc1ccccc1S(=O)(=O)Nc1ccc(N2CCNCC2)c(C(=O)NCC2CCCO2)c1.O=C(O)C(F)(F)F. The first-order chi connectivity index (χ1) is 18.4. The largest absolute Gasteiger partial charge is 0.490 e. The Bertz CT molecular complexity index is 1260. The van der Waals surface area contributed by atoms with Crippen LogP contribution in [0.1, 0.15) is 28.8 Å². The van der Waals surface area contributed by atoms with E-state index in [4.69, 9.17) is 14.6 Å². The molecule has 0 saturated carbocycles. The van der Waals surface area contributed by atoms with Crippen LogP contribution in [0, 0.1) is 6.92 Å². The molecule has 1 unspecified atom stereocenters. The maximum absolute atomic E-state index is 13.1. The third-order valence-corrected chi connectivity index (χ3v) is 7.63. The molecule has 2 saturated heterocycles. The van der Waals surface area contributed by atoms with Crippen molar-refractivity contribution in [1.29, 1.82) is 0 Å². The number of piperazine rings is 1. The monoisotopic (exact) mass is 572 g/mol. The van der Waals surface area contributed by atoms with Gasteiger partial charge in [-0.05, 0) is 49.6 Å². The number of hydrogen-bond acceptors (Lipinski definition) is 7. The van der Waals surface area contributed by atoms with E-state index in [1.165, 1.54) is 0 Å². The fourth-order valence-corrected chi connectivity index (χ4v) is 5.43. The zero-order chi connectivity index (χ0) is 28.6. The summed E-state index contributed by atoms with van der Waals surface area (Å²) in [6, 6.07) is 12.0. The summed E-state index contributed by atoms with van der Waals surface area (Å²) in [6.45, 7) is 6.14. The normalized spacial score (nSPS) is 17.6. The number of ether oxygens (including phenoxy) is 1. The van der Waals surface area contributed by atoms with Crippen molar-refractivity contribution in [2.45, 2.75) is 36.9 Å². The van der Waals surface area contributed by atoms with E-state index < -0.39 is 22.2 Å². The smallest absolute Gasteiger partial charge is 0.475 e. The van der Waals surface area contributed by atoms with Crippen LogP contribution in [0.2, 0.25) is 0 Å². The number of aryl methyl sites for hydroxylation is 1. The molecule has 0 aliphatic carbocycles. The highest BCUT2D eigenvalue weighted by Crippen LogP contribution is 2.27. The van der Waals surface area contributed by atoms with Crippen molar-refractivity contribution in [3.8, 4) is 0 Å². The molecule has 10 nitrogen and oxygen atoms in total. The third kappa shape index (κ3) is 8.57. The molecule has 39 heavy (non-hydrogen) atoms. The summed E-state index contributed by atoms with van der Waals surface area (Å²) in [7, 11) is -3.77. The summed E-state index contributed by atoms with van der Waals surface area (Å²) in [5.74, 6) is -2.99. The minimum atomic E-state index is -5.08. The molecular formula is C25H31F3N4O6S. The van der Waals surface area contributed by atoms with Gasteiger partial charge in [0.25, 0.3) is 15.9 Å². The number of hydrogen-bond donors (Lipinski definition) is 4. The Morgan fingerprint density at radius 2 is 1.82 bits per heavy atom. The minimum Gasteiger partial charge on any atom is -0.475 e. The number of carboxylic acid groups (broad SMARTS) is 1. The minimum absolute atomic E-state index is 0.0318. The second-order valence-electron chi connectivity index (χ2n) is 8.99. The summed E-state index contributed by atoms with van der Waals surface area (Å²) >= 11 is 0. The van der Waals surface area contributed by atoms with Crippen LogP contribution in [0.5, 0.6) is 0 Å². The van der Waals surface area contributed by atoms with E-state index in [-0.39, 0.29) is 16.9 Å². The highest BCUT2D eigenvalue weighted by atomic mass is 32.2. The van der Waals surface area contributed by atoms with Gasteiger partial charge in [-0.3, -0.25) is 9.52 Å². The summed E-state index contributed by atoms with van der Waals surface area (Å²) in [5.41, 5.74) is 2.27. The number of halogens is 3. The number of aliphatic carboxylic acids is 1. The number of carbonyl (C=O) groups is 2. The number of carbonyl (C=O) groups excluding carboxylic acids is 1. The molecule has 2 heterocycles. The summed E-state index contributed by atoms with van der Waals surface area (Å²) in [5, 5.41) is 13.4. The van der Waals surface area contributed by atoms with E-state index in [0.717, 1.165) is 51.3 Å². The Morgan fingerprint density at radius 1 is 1.15 bits per heavy atom. The number of sulfonamides is 1. The van der Waals surface area contributed by atoms with Crippen molar-refractivity contribution in [2.24, 2.45) is 0 Å². The molecule has 2 aromatic rings. The Labute approximate surface area is 224 Å². The Hall–Kier alpha value is -3.36.